The first-order chi connectivity index (χ1) is 2.00. The first-order valence-electron chi connectivity index (χ1n) is 0.447. The molecule has 0 bridgehead atoms. The maximum Gasteiger partial charge on any atom is 2.00 e. The summed E-state index contributed by atoms with van der Waals surface area (Å²) in [7, 11) is 0. The molecule has 0 saturated carbocycles. The molecule has 0 rings (SSSR count). The van der Waals surface area contributed by atoms with E-state index in [-0.39, 0.29) is 37.7 Å². The summed E-state index contributed by atoms with van der Waals surface area (Å²) in [5.41, 5.74) is 0. The third kappa shape index (κ3) is 370. The van der Waals surface area contributed by atoms with Gasteiger partial charge in [-0.1, -0.05) is 0 Å². The molecule has 0 N–H and O–H groups in total. The quantitative estimate of drug-likeness (QED) is 0.307. The van der Waals surface area contributed by atoms with E-state index in [0.717, 1.165) is 0 Å². The van der Waals surface area contributed by atoms with Crippen LogP contribution in [0.15, 0.2) is 0 Å². The van der Waals surface area contributed by atoms with E-state index in [2.05, 4.69) is 0 Å². The van der Waals surface area contributed by atoms with Gasteiger partial charge in [0.15, 0.2) is 0 Å². The van der Waals surface area contributed by atoms with Crippen LogP contribution < -0.4 is 0 Å². The van der Waals surface area contributed by atoms with E-state index >= 15 is 0 Å². The second-order valence-electron chi connectivity index (χ2n) is 0. The Bertz CT molecular complexity index is 23.1. The van der Waals surface area contributed by atoms with Crippen LogP contribution in [0.2, 0.25) is 0 Å². The van der Waals surface area contributed by atoms with Crippen LogP contribution in [0.5, 0.6) is 0 Å². The van der Waals surface area contributed by atoms with Crippen molar-refractivity contribution in [1.82, 2.24) is 0 Å². The van der Waals surface area contributed by atoms with Crippen LogP contribution in [-0.4, -0.2) is 37.7 Å². The molecule has 2 nitrogen and oxygen atoms in total. The average molecular weight is 92.1 g/mol. The van der Waals surface area contributed by atoms with Crippen LogP contribution in [0.3, 0.4) is 0 Å². The van der Waals surface area contributed by atoms with E-state index in [4.69, 9.17) is 23.7 Å². The summed E-state index contributed by atoms with van der Waals surface area (Å²) in [6.07, 6.45) is 0. The zero-order valence-electron chi connectivity index (χ0n) is 2.60. The number of hydrogen-bond donors (Lipinski definition) is 0. The molecule has 20 valence electrons. The van der Waals surface area contributed by atoms with Gasteiger partial charge < -0.3 is 23.7 Å². The number of hydrogen-bond acceptors (Lipinski definition) is 2. The summed E-state index contributed by atoms with van der Waals surface area (Å²) < 4.78 is 0. The van der Waals surface area contributed by atoms with E-state index in [0.29, 0.717) is 0 Å². The summed E-state index contributed by atoms with van der Waals surface area (Å²) in [5.74, 6) is 0. The standard InChI is InChI=1S/2CN.Ca/c2*1-2;/q2*-1;+2. The van der Waals surface area contributed by atoms with Crippen LogP contribution in [0, 0.1) is 23.7 Å². The molecule has 0 atom stereocenters. The topological polar surface area (TPSA) is 47.6 Å². The molecule has 0 spiro atoms. The maximum atomic E-state index is 6.25. The average Bonchev–Trinajstić information content (AvgIpc) is 1.50. The molecule has 0 heterocycles. The maximum absolute atomic E-state index is 6.25. The summed E-state index contributed by atoms with van der Waals surface area (Å²) in [4.78, 5) is 0. The Morgan fingerprint density at radius 3 is 0.800 bits per heavy atom. The minimum absolute atomic E-state index is 0. The Balaban J connectivity index is -0.0000000133. The fraction of sp³-hybridized carbons (Fsp3) is 0. The van der Waals surface area contributed by atoms with Crippen LogP contribution in [0.25, 0.3) is 0 Å². The molecule has 0 aromatic heterocycles. The zero-order valence-corrected chi connectivity index (χ0v) is 4.81. The van der Waals surface area contributed by atoms with Gasteiger partial charge in [-0.3, -0.25) is 0 Å². The van der Waals surface area contributed by atoms with Crippen molar-refractivity contribution in [3.8, 4) is 0 Å². The molecule has 0 aliphatic carbocycles. The third-order valence-electron chi connectivity index (χ3n) is 0. The van der Waals surface area contributed by atoms with Crippen molar-refractivity contribution in [1.29, 1.82) is 10.5 Å². The summed E-state index contributed by atoms with van der Waals surface area (Å²) in [6.45, 7) is 9.50. The van der Waals surface area contributed by atoms with Gasteiger partial charge in [-0.2, -0.15) is 0 Å². The van der Waals surface area contributed by atoms with Gasteiger partial charge in [0.25, 0.3) is 0 Å². The molecule has 0 aliphatic heterocycles. The molecule has 5 heavy (non-hydrogen) atoms. The molecule has 0 saturated heterocycles. The van der Waals surface area contributed by atoms with E-state index in [1.807, 2.05) is 0 Å². The van der Waals surface area contributed by atoms with Crippen molar-refractivity contribution in [3.05, 3.63) is 13.1 Å². The predicted molar refractivity (Wildman–Crippen MR) is 15.7 cm³/mol. The Morgan fingerprint density at radius 2 is 0.800 bits per heavy atom. The Hall–Kier alpha value is 0.240. The molecule has 0 unspecified atom stereocenters. The van der Waals surface area contributed by atoms with Gasteiger partial charge in [0.2, 0.25) is 0 Å². The van der Waals surface area contributed by atoms with Gasteiger partial charge in [-0.15, -0.1) is 0 Å². The first kappa shape index (κ1) is 18.8. The molecule has 0 aliphatic rings. The number of nitrogens with zero attached hydrogens (tertiary/aromatic N) is 2. The second-order valence-corrected chi connectivity index (χ2v) is 0. The summed E-state index contributed by atoms with van der Waals surface area (Å²) in [6, 6.07) is 0. The minimum atomic E-state index is 0. The van der Waals surface area contributed by atoms with Crippen LogP contribution in [0.1, 0.15) is 0 Å². The van der Waals surface area contributed by atoms with Crippen molar-refractivity contribution in [2.24, 2.45) is 0 Å². The minimum Gasteiger partial charge on any atom is -0.512 e. The van der Waals surface area contributed by atoms with Gasteiger partial charge in [-0.25, -0.2) is 0 Å². The van der Waals surface area contributed by atoms with E-state index in [9.17, 15) is 0 Å². The normalized spacial score (nSPS) is 0.800. The second kappa shape index (κ2) is 774. The van der Waals surface area contributed by atoms with Crippen LogP contribution in [-0.2, 0) is 0 Å². The Morgan fingerprint density at radius 1 is 0.800 bits per heavy atom. The van der Waals surface area contributed by atoms with Gasteiger partial charge in [-0.05, 0) is 0 Å². The molecule has 0 fully saturated rings. The molecule has 0 aromatic carbocycles. The van der Waals surface area contributed by atoms with E-state index < -0.39 is 0 Å². The van der Waals surface area contributed by atoms with Crippen molar-refractivity contribution in [3.63, 3.8) is 0 Å². The molecule has 0 aromatic rings. The van der Waals surface area contributed by atoms with Gasteiger partial charge in [0.1, 0.15) is 0 Å². The Kier molecular flexibility index (Phi) is 2910. The van der Waals surface area contributed by atoms with E-state index in [1.165, 1.54) is 0 Å². The van der Waals surface area contributed by atoms with Crippen molar-refractivity contribution >= 4 is 37.7 Å². The van der Waals surface area contributed by atoms with Crippen LogP contribution in [0.4, 0.5) is 0 Å². The monoisotopic (exact) mass is 92.0 g/mol. The molecule has 0 radical (unpaired) electrons. The van der Waals surface area contributed by atoms with E-state index in [1.54, 1.807) is 0 Å². The molecular formula is C2CaN2. The van der Waals surface area contributed by atoms with Crippen molar-refractivity contribution in [2.75, 3.05) is 0 Å². The number of rotatable bonds is 0. The van der Waals surface area contributed by atoms with Crippen LogP contribution >= 0.6 is 0 Å². The largest absolute Gasteiger partial charge is 2.00 e. The SMILES string of the molecule is [C-]#N.[C-]#N.[Ca+2]. The van der Waals surface area contributed by atoms with Gasteiger partial charge >= 0.3 is 37.7 Å². The zero-order chi connectivity index (χ0) is 4.00. The fourth-order valence-corrected chi connectivity index (χ4v) is 0. The fourth-order valence-electron chi connectivity index (χ4n) is 0. The molecule has 0 amide bonds. The molecule has 3 heteroatoms. The van der Waals surface area contributed by atoms with Gasteiger partial charge in [0.05, 0.1) is 0 Å². The summed E-state index contributed by atoms with van der Waals surface area (Å²) in [5, 5.41) is 12.5. The predicted octanol–water partition coefficient (Wildman–Crippen LogP) is -0.188. The first-order valence-corrected chi connectivity index (χ1v) is 0.447. The van der Waals surface area contributed by atoms with Crippen molar-refractivity contribution < 1.29 is 0 Å². The molecular weight excluding hydrogens is 92.1 g/mol. The smallest absolute Gasteiger partial charge is 0.512 e. The van der Waals surface area contributed by atoms with Gasteiger partial charge in [0, 0.05) is 0 Å². The summed E-state index contributed by atoms with van der Waals surface area (Å²) >= 11 is 0. The van der Waals surface area contributed by atoms with Crippen molar-refractivity contribution in [2.45, 2.75) is 0 Å². The third-order valence-corrected chi connectivity index (χ3v) is 0. The Labute approximate surface area is 61.0 Å².